The highest BCUT2D eigenvalue weighted by Gasteiger charge is 2.19. The van der Waals surface area contributed by atoms with Crippen LogP contribution in [0.5, 0.6) is 0 Å². The lowest BCUT2D eigenvalue weighted by atomic mass is 10.1. The lowest BCUT2D eigenvalue weighted by Crippen LogP contribution is -2.31. The lowest BCUT2D eigenvalue weighted by Gasteiger charge is -2.15. The van der Waals surface area contributed by atoms with Crippen LogP contribution >= 0.6 is 15.9 Å². The number of aromatic nitrogens is 4. The number of hydrogen-bond acceptors (Lipinski definition) is 5. The van der Waals surface area contributed by atoms with Crippen molar-refractivity contribution < 1.29 is 0 Å². The number of nitrogens with one attached hydrogen (secondary N) is 1. The Morgan fingerprint density at radius 1 is 1.37 bits per heavy atom. The second-order valence-electron chi connectivity index (χ2n) is 4.51. The van der Waals surface area contributed by atoms with E-state index >= 15 is 0 Å². The Bertz CT molecular complexity index is 562. The first kappa shape index (κ1) is 14.1. The van der Waals surface area contributed by atoms with Crippen LogP contribution in [0.15, 0.2) is 16.9 Å². The summed E-state index contributed by atoms with van der Waals surface area (Å²) < 4.78 is 2.85. The van der Waals surface area contributed by atoms with Crippen LogP contribution in [0.3, 0.4) is 0 Å². The Balaban J connectivity index is 2.26. The topological polar surface area (TPSA) is 81.7 Å². The molecule has 1 atom stereocenters. The van der Waals surface area contributed by atoms with Crippen LogP contribution in [0.2, 0.25) is 0 Å². The summed E-state index contributed by atoms with van der Waals surface area (Å²) in [5, 5.41) is 4.37. The molecule has 0 bridgehead atoms. The molecule has 0 radical (unpaired) electrons. The van der Waals surface area contributed by atoms with Crippen molar-refractivity contribution in [3.05, 3.63) is 39.6 Å². The molecule has 1 unspecified atom stereocenters. The smallest absolute Gasteiger partial charge is 0.146 e. The summed E-state index contributed by atoms with van der Waals surface area (Å²) in [6.07, 6.45) is 4.24. The van der Waals surface area contributed by atoms with Crippen LogP contribution in [-0.4, -0.2) is 19.7 Å². The van der Waals surface area contributed by atoms with E-state index in [1.165, 1.54) is 0 Å². The van der Waals surface area contributed by atoms with Crippen molar-refractivity contribution in [1.29, 1.82) is 0 Å². The number of aryl methyl sites for hydroxylation is 3. The molecular formula is C12H17BrN6. The Hall–Kier alpha value is -1.31. The van der Waals surface area contributed by atoms with Crippen LogP contribution in [0.4, 0.5) is 0 Å². The van der Waals surface area contributed by atoms with Crippen molar-refractivity contribution in [2.45, 2.75) is 26.3 Å². The van der Waals surface area contributed by atoms with Gasteiger partial charge in [0.05, 0.1) is 21.9 Å². The van der Waals surface area contributed by atoms with E-state index in [1.807, 2.05) is 25.6 Å². The molecule has 7 heteroatoms. The third-order valence-electron chi connectivity index (χ3n) is 2.97. The van der Waals surface area contributed by atoms with Crippen molar-refractivity contribution in [3.8, 4) is 0 Å². The molecule has 0 spiro atoms. The van der Waals surface area contributed by atoms with Gasteiger partial charge < -0.3 is 0 Å². The predicted octanol–water partition coefficient (Wildman–Crippen LogP) is 1.34. The molecule has 6 nitrogen and oxygen atoms in total. The van der Waals surface area contributed by atoms with Gasteiger partial charge in [-0.25, -0.2) is 15.4 Å². The number of nitrogens with two attached hydrogens (primary N) is 1. The molecule has 0 aliphatic heterocycles. The lowest BCUT2D eigenvalue weighted by molar-refractivity contribution is 0.503. The summed E-state index contributed by atoms with van der Waals surface area (Å²) in [7, 11) is 1.91. The second kappa shape index (κ2) is 5.77. The van der Waals surface area contributed by atoms with Crippen molar-refractivity contribution in [1.82, 2.24) is 25.2 Å². The maximum absolute atomic E-state index is 5.62. The summed E-state index contributed by atoms with van der Waals surface area (Å²) in [5.74, 6) is 6.30. The van der Waals surface area contributed by atoms with E-state index in [1.54, 1.807) is 12.4 Å². The zero-order chi connectivity index (χ0) is 14.0. The standard InChI is InChI=1S/C12H17BrN6/c1-7-5-15-12(16-6-7)9(17-14)4-10-11(13)8(2)18-19(10)3/h5-6,9,17H,4,14H2,1-3H3. The summed E-state index contributed by atoms with van der Waals surface area (Å²) in [6, 6.07) is -0.147. The molecule has 2 rings (SSSR count). The molecule has 102 valence electrons. The maximum Gasteiger partial charge on any atom is 0.146 e. The van der Waals surface area contributed by atoms with E-state index in [0.717, 1.165) is 21.4 Å². The first-order valence-corrected chi connectivity index (χ1v) is 6.75. The molecule has 0 aliphatic carbocycles. The highest BCUT2D eigenvalue weighted by molar-refractivity contribution is 9.10. The van der Waals surface area contributed by atoms with Gasteiger partial charge in [-0.3, -0.25) is 10.5 Å². The number of hydrogen-bond donors (Lipinski definition) is 2. The van der Waals surface area contributed by atoms with E-state index in [2.05, 4.69) is 36.4 Å². The average Bonchev–Trinajstić information content (AvgIpc) is 2.63. The fraction of sp³-hybridized carbons (Fsp3) is 0.417. The Morgan fingerprint density at radius 3 is 2.47 bits per heavy atom. The summed E-state index contributed by atoms with van der Waals surface area (Å²) in [4.78, 5) is 8.63. The summed E-state index contributed by atoms with van der Waals surface area (Å²) in [6.45, 7) is 3.91. The van der Waals surface area contributed by atoms with Gasteiger partial charge in [-0.1, -0.05) is 0 Å². The molecule has 0 aliphatic rings. The normalized spacial score (nSPS) is 12.7. The van der Waals surface area contributed by atoms with Gasteiger partial charge in [-0.15, -0.1) is 0 Å². The fourth-order valence-corrected chi connectivity index (χ4v) is 2.40. The molecule has 19 heavy (non-hydrogen) atoms. The van der Waals surface area contributed by atoms with E-state index in [9.17, 15) is 0 Å². The van der Waals surface area contributed by atoms with E-state index < -0.39 is 0 Å². The molecule has 2 aromatic heterocycles. The van der Waals surface area contributed by atoms with Gasteiger partial charge in [0.1, 0.15) is 5.82 Å². The van der Waals surface area contributed by atoms with Crippen LogP contribution in [-0.2, 0) is 13.5 Å². The SMILES string of the molecule is Cc1cnc(C(Cc2c(Br)c(C)nn2C)NN)nc1. The van der Waals surface area contributed by atoms with E-state index in [4.69, 9.17) is 5.84 Å². The van der Waals surface area contributed by atoms with Crippen molar-refractivity contribution in [2.75, 3.05) is 0 Å². The minimum Gasteiger partial charge on any atom is -0.271 e. The number of hydrazine groups is 1. The summed E-state index contributed by atoms with van der Waals surface area (Å²) >= 11 is 3.55. The number of halogens is 1. The molecule has 2 heterocycles. The molecular weight excluding hydrogens is 308 g/mol. The minimum atomic E-state index is -0.147. The first-order chi connectivity index (χ1) is 9.02. The highest BCUT2D eigenvalue weighted by atomic mass is 79.9. The van der Waals surface area contributed by atoms with Crippen LogP contribution in [0.1, 0.15) is 28.8 Å². The van der Waals surface area contributed by atoms with Crippen molar-refractivity contribution >= 4 is 15.9 Å². The zero-order valence-corrected chi connectivity index (χ0v) is 12.8. The summed E-state index contributed by atoms with van der Waals surface area (Å²) in [5.41, 5.74) is 5.80. The van der Waals surface area contributed by atoms with E-state index in [-0.39, 0.29) is 6.04 Å². The molecule has 2 aromatic rings. The molecule has 0 saturated carbocycles. The molecule has 0 amide bonds. The van der Waals surface area contributed by atoms with Crippen molar-refractivity contribution in [2.24, 2.45) is 12.9 Å². The minimum absolute atomic E-state index is 0.147. The second-order valence-corrected chi connectivity index (χ2v) is 5.30. The van der Waals surface area contributed by atoms with Gasteiger partial charge in [0.25, 0.3) is 0 Å². The van der Waals surface area contributed by atoms with Gasteiger partial charge >= 0.3 is 0 Å². The van der Waals surface area contributed by atoms with Gasteiger partial charge in [0, 0.05) is 25.9 Å². The largest absolute Gasteiger partial charge is 0.271 e. The van der Waals surface area contributed by atoms with Gasteiger partial charge in [-0.2, -0.15) is 5.10 Å². The van der Waals surface area contributed by atoms with Crippen LogP contribution < -0.4 is 11.3 Å². The van der Waals surface area contributed by atoms with Crippen LogP contribution in [0, 0.1) is 13.8 Å². The van der Waals surface area contributed by atoms with Gasteiger partial charge in [0.15, 0.2) is 0 Å². The molecule has 3 N–H and O–H groups in total. The fourth-order valence-electron chi connectivity index (χ4n) is 1.90. The van der Waals surface area contributed by atoms with Gasteiger partial charge in [0.2, 0.25) is 0 Å². The molecule has 0 fully saturated rings. The van der Waals surface area contributed by atoms with Gasteiger partial charge in [-0.05, 0) is 35.3 Å². The third kappa shape index (κ3) is 2.99. The van der Waals surface area contributed by atoms with Crippen LogP contribution in [0.25, 0.3) is 0 Å². The molecule has 0 aromatic carbocycles. The Labute approximate surface area is 120 Å². The number of nitrogens with zero attached hydrogens (tertiary/aromatic N) is 4. The predicted molar refractivity (Wildman–Crippen MR) is 76.2 cm³/mol. The highest BCUT2D eigenvalue weighted by Crippen LogP contribution is 2.24. The first-order valence-electron chi connectivity index (χ1n) is 5.95. The maximum atomic E-state index is 5.62. The average molecular weight is 325 g/mol. The number of rotatable bonds is 4. The third-order valence-corrected chi connectivity index (χ3v) is 4.00. The Morgan fingerprint density at radius 2 is 2.00 bits per heavy atom. The van der Waals surface area contributed by atoms with Crippen molar-refractivity contribution in [3.63, 3.8) is 0 Å². The quantitative estimate of drug-likeness (QED) is 0.655. The monoisotopic (exact) mass is 324 g/mol. The Kier molecular flexibility index (Phi) is 4.28. The molecule has 0 saturated heterocycles. The zero-order valence-electron chi connectivity index (χ0n) is 11.2. The van der Waals surface area contributed by atoms with E-state index in [0.29, 0.717) is 12.2 Å².